The fraction of sp³-hybridized carbons (Fsp3) is 0.677. The van der Waals surface area contributed by atoms with Crippen molar-refractivity contribution in [2.24, 2.45) is 5.92 Å². The highest BCUT2D eigenvalue weighted by Crippen LogP contribution is 2.75. The zero-order chi connectivity index (χ0) is 26.2. The van der Waals surface area contributed by atoms with Gasteiger partial charge in [0, 0.05) is 12.7 Å². The van der Waals surface area contributed by atoms with Gasteiger partial charge in [-0.05, 0) is 50.8 Å². The summed E-state index contributed by atoms with van der Waals surface area (Å²) in [6, 6.07) is 7.14. The molecule has 192 valence electrons. The van der Waals surface area contributed by atoms with E-state index in [4.69, 9.17) is 9.47 Å². The Labute approximate surface area is 212 Å². The third-order valence-corrected chi connectivity index (χ3v) is 11.6. The Hall–Kier alpha value is -1.11. The van der Waals surface area contributed by atoms with E-state index in [2.05, 4.69) is 113 Å². The highest BCUT2D eigenvalue weighted by molar-refractivity contribution is 7.63. The number of allylic oxidation sites excluding steroid dienone is 1. The van der Waals surface area contributed by atoms with Crippen molar-refractivity contribution in [1.82, 2.24) is 0 Å². The Morgan fingerprint density at radius 2 is 1.41 bits per heavy atom. The van der Waals surface area contributed by atoms with E-state index < -0.39 is 7.92 Å². The molecule has 2 unspecified atom stereocenters. The van der Waals surface area contributed by atoms with Crippen molar-refractivity contribution in [2.75, 3.05) is 14.2 Å². The van der Waals surface area contributed by atoms with E-state index in [1.165, 1.54) is 22.3 Å². The molecule has 1 aliphatic carbocycles. The Morgan fingerprint density at radius 1 is 0.853 bits per heavy atom. The van der Waals surface area contributed by atoms with Gasteiger partial charge in [-0.1, -0.05) is 115 Å². The molecule has 1 aliphatic rings. The first-order chi connectivity index (χ1) is 15.5. The Bertz CT molecular complexity index is 894. The molecule has 0 aromatic heterocycles. The van der Waals surface area contributed by atoms with Crippen LogP contribution in [0.2, 0.25) is 0 Å². The summed E-state index contributed by atoms with van der Waals surface area (Å²) in [6.07, 6.45) is 4.39. The number of benzene rings is 1. The van der Waals surface area contributed by atoms with Crippen LogP contribution in [0.15, 0.2) is 36.1 Å². The van der Waals surface area contributed by atoms with Gasteiger partial charge in [0.1, 0.15) is 5.76 Å². The zero-order valence-corrected chi connectivity index (χ0v) is 25.4. The van der Waals surface area contributed by atoms with Gasteiger partial charge in [0.2, 0.25) is 0 Å². The standard InChI is InChI=1S/C31H51O2P/c1-20(2)23-15-16-24(25(19-23)21(3)4)28-26(32-13)17-18-27(33-14)31(28,22(5)6)34(29(7,8)9)30(10,11)12/h15-22,27H,1-14H3. The summed E-state index contributed by atoms with van der Waals surface area (Å²) in [4.78, 5) is 0. The summed E-state index contributed by atoms with van der Waals surface area (Å²) in [5.41, 5.74) is 5.47. The minimum Gasteiger partial charge on any atom is -0.496 e. The smallest absolute Gasteiger partial charge is 0.123 e. The van der Waals surface area contributed by atoms with Crippen LogP contribution in [0.25, 0.3) is 5.57 Å². The van der Waals surface area contributed by atoms with Gasteiger partial charge in [-0.15, -0.1) is 0 Å². The van der Waals surface area contributed by atoms with Gasteiger partial charge in [0.15, 0.2) is 0 Å². The Morgan fingerprint density at radius 3 is 1.79 bits per heavy atom. The number of ether oxygens (including phenoxy) is 2. The number of hydrogen-bond acceptors (Lipinski definition) is 2. The molecule has 0 radical (unpaired) electrons. The van der Waals surface area contributed by atoms with Crippen LogP contribution in [0, 0.1) is 5.92 Å². The van der Waals surface area contributed by atoms with Crippen molar-refractivity contribution < 1.29 is 9.47 Å². The van der Waals surface area contributed by atoms with Crippen LogP contribution < -0.4 is 0 Å². The highest BCUT2D eigenvalue weighted by atomic mass is 31.1. The average molecular weight is 487 g/mol. The lowest BCUT2D eigenvalue weighted by Crippen LogP contribution is -2.54. The zero-order valence-electron chi connectivity index (χ0n) is 24.5. The molecule has 0 spiro atoms. The third-order valence-electron chi connectivity index (χ3n) is 7.20. The fourth-order valence-electron chi connectivity index (χ4n) is 6.40. The molecule has 0 N–H and O–H groups in total. The van der Waals surface area contributed by atoms with Gasteiger partial charge < -0.3 is 9.47 Å². The molecule has 1 aromatic rings. The molecule has 0 fully saturated rings. The molecule has 2 rings (SSSR count). The van der Waals surface area contributed by atoms with Gasteiger partial charge in [-0.2, -0.15) is 0 Å². The summed E-state index contributed by atoms with van der Waals surface area (Å²) in [5.74, 6) is 2.25. The maximum Gasteiger partial charge on any atom is 0.123 e. The lowest BCUT2D eigenvalue weighted by molar-refractivity contribution is 0.100. The van der Waals surface area contributed by atoms with Gasteiger partial charge in [0.25, 0.3) is 0 Å². The lowest BCUT2D eigenvalue weighted by atomic mass is 9.73. The van der Waals surface area contributed by atoms with Crippen molar-refractivity contribution in [3.63, 3.8) is 0 Å². The SMILES string of the molecule is COC1=C(c2ccc(C(C)C)cc2C(C)C)C(C(C)C)(P(C(C)(C)C)C(C)(C)C)C(OC)C=C1. The molecule has 0 saturated carbocycles. The maximum absolute atomic E-state index is 6.39. The minimum absolute atomic E-state index is 0.0178. The molecule has 0 aliphatic heterocycles. The highest BCUT2D eigenvalue weighted by Gasteiger charge is 2.59. The first-order valence-electron chi connectivity index (χ1n) is 13.0. The van der Waals surface area contributed by atoms with Crippen LogP contribution in [-0.2, 0) is 9.47 Å². The normalized spacial score (nSPS) is 22.0. The predicted octanol–water partition coefficient (Wildman–Crippen LogP) is 9.35. The second-order valence-electron chi connectivity index (χ2n) is 12.8. The van der Waals surface area contributed by atoms with Crippen LogP contribution in [0.4, 0.5) is 0 Å². The van der Waals surface area contributed by atoms with Crippen LogP contribution in [0.1, 0.15) is 112 Å². The van der Waals surface area contributed by atoms with Crippen molar-refractivity contribution in [3.05, 3.63) is 52.8 Å². The third kappa shape index (κ3) is 5.19. The molecular formula is C31H51O2P. The number of hydrogen-bond donors (Lipinski definition) is 0. The first kappa shape index (κ1) is 29.1. The van der Waals surface area contributed by atoms with Crippen molar-refractivity contribution in [2.45, 2.75) is 116 Å². The van der Waals surface area contributed by atoms with Crippen LogP contribution >= 0.6 is 7.92 Å². The Balaban J connectivity index is 3.13. The summed E-state index contributed by atoms with van der Waals surface area (Å²) in [5, 5.41) is 0.0171. The predicted molar refractivity (Wildman–Crippen MR) is 152 cm³/mol. The van der Waals surface area contributed by atoms with Crippen molar-refractivity contribution >= 4 is 13.5 Å². The largest absolute Gasteiger partial charge is 0.496 e. The molecule has 2 nitrogen and oxygen atoms in total. The van der Waals surface area contributed by atoms with Gasteiger partial charge in [0.05, 0.1) is 18.4 Å². The van der Waals surface area contributed by atoms with Crippen molar-refractivity contribution in [1.29, 1.82) is 0 Å². The average Bonchev–Trinajstić information content (AvgIpc) is 2.70. The Kier molecular flexibility index (Phi) is 8.97. The van der Waals surface area contributed by atoms with E-state index in [9.17, 15) is 0 Å². The number of rotatable bonds is 7. The molecule has 34 heavy (non-hydrogen) atoms. The van der Waals surface area contributed by atoms with E-state index >= 15 is 0 Å². The van der Waals surface area contributed by atoms with Crippen LogP contribution in [0.5, 0.6) is 0 Å². The van der Waals surface area contributed by atoms with E-state index in [-0.39, 0.29) is 21.6 Å². The molecule has 0 bridgehead atoms. The van der Waals surface area contributed by atoms with Crippen LogP contribution in [0.3, 0.4) is 0 Å². The van der Waals surface area contributed by atoms with Crippen LogP contribution in [-0.4, -0.2) is 35.8 Å². The van der Waals surface area contributed by atoms with E-state index in [1.54, 1.807) is 0 Å². The number of methoxy groups -OCH3 is 2. The van der Waals surface area contributed by atoms with Gasteiger partial charge in [-0.3, -0.25) is 0 Å². The molecule has 0 heterocycles. The summed E-state index contributed by atoms with van der Waals surface area (Å²) >= 11 is 0. The topological polar surface area (TPSA) is 18.5 Å². The molecule has 1 aromatic carbocycles. The van der Waals surface area contributed by atoms with Gasteiger partial charge in [-0.25, -0.2) is 0 Å². The first-order valence-corrected chi connectivity index (χ1v) is 14.3. The summed E-state index contributed by atoms with van der Waals surface area (Å²) < 4.78 is 12.6. The summed E-state index contributed by atoms with van der Waals surface area (Å²) in [7, 11) is 3.11. The molecular weight excluding hydrogens is 435 g/mol. The quantitative estimate of drug-likeness (QED) is 0.357. The molecule has 2 atom stereocenters. The van der Waals surface area contributed by atoms with E-state index in [0.717, 1.165) is 5.76 Å². The second-order valence-corrected chi connectivity index (χ2v) is 16.9. The molecule has 0 amide bonds. The van der Waals surface area contributed by atoms with E-state index in [1.807, 2.05) is 14.2 Å². The summed E-state index contributed by atoms with van der Waals surface area (Å²) in [6.45, 7) is 28.5. The fourth-order valence-corrected chi connectivity index (χ4v) is 12.0. The van der Waals surface area contributed by atoms with E-state index in [0.29, 0.717) is 17.8 Å². The second kappa shape index (κ2) is 10.5. The van der Waals surface area contributed by atoms with Gasteiger partial charge >= 0.3 is 0 Å². The monoisotopic (exact) mass is 486 g/mol. The lowest BCUT2D eigenvalue weighted by Gasteiger charge is -2.60. The molecule has 3 heteroatoms. The maximum atomic E-state index is 6.39. The minimum atomic E-state index is -0.591. The molecule has 0 saturated heterocycles. The van der Waals surface area contributed by atoms with Crippen molar-refractivity contribution in [3.8, 4) is 0 Å².